The maximum Gasteiger partial charge on any atom is 0.0708 e. The lowest BCUT2D eigenvalue weighted by Gasteiger charge is -2.18. The van der Waals surface area contributed by atoms with E-state index in [4.69, 9.17) is 4.98 Å². The molecule has 0 radical (unpaired) electrons. The molecule has 1 N–H and O–H groups in total. The molecule has 2 aromatic rings. The van der Waals surface area contributed by atoms with Crippen LogP contribution in [0.5, 0.6) is 0 Å². The number of fused-ring (bicyclic) bond motifs is 1. The number of nitrogens with zero attached hydrogens (tertiary/aromatic N) is 1. The normalized spacial score (nSPS) is 13.1. The smallest absolute Gasteiger partial charge is 0.0708 e. The molecule has 1 unspecified atom stereocenters. The van der Waals surface area contributed by atoms with Crippen molar-refractivity contribution in [1.82, 2.24) is 10.3 Å². The van der Waals surface area contributed by atoms with Crippen molar-refractivity contribution < 1.29 is 0 Å². The van der Waals surface area contributed by atoms with E-state index in [1.165, 1.54) is 23.1 Å². The Morgan fingerprint density at radius 3 is 2.58 bits per heavy atom. The Bertz CT molecular complexity index is 546. The predicted octanol–water partition coefficient (Wildman–Crippen LogP) is 4.24. The molecule has 1 aromatic carbocycles. The van der Waals surface area contributed by atoms with Crippen LogP contribution >= 0.6 is 0 Å². The van der Waals surface area contributed by atoms with E-state index < -0.39 is 0 Å². The number of para-hydroxylation sites is 1. The van der Waals surface area contributed by atoms with Crippen LogP contribution < -0.4 is 5.32 Å². The van der Waals surface area contributed by atoms with Crippen molar-refractivity contribution in [3.05, 3.63) is 41.6 Å². The third-order valence-corrected chi connectivity index (χ3v) is 3.68. The van der Waals surface area contributed by atoms with Gasteiger partial charge in [0.05, 0.1) is 11.2 Å². The van der Waals surface area contributed by atoms with Gasteiger partial charge in [-0.05, 0) is 50.4 Å². The second-order valence-electron chi connectivity index (χ2n) is 5.69. The van der Waals surface area contributed by atoms with Gasteiger partial charge >= 0.3 is 0 Å². The van der Waals surface area contributed by atoms with Crippen molar-refractivity contribution in [3.8, 4) is 0 Å². The molecule has 0 saturated heterocycles. The molecule has 0 aliphatic heterocycles. The average Bonchev–Trinajstić information content (AvgIpc) is 2.39. The molecule has 0 aliphatic carbocycles. The Morgan fingerprint density at radius 1 is 1.16 bits per heavy atom. The minimum atomic E-state index is 0.353. The molecule has 1 heterocycles. The van der Waals surface area contributed by atoms with Gasteiger partial charge in [-0.15, -0.1) is 0 Å². The van der Waals surface area contributed by atoms with Crippen LogP contribution in [-0.4, -0.2) is 12.0 Å². The molecule has 0 saturated carbocycles. The summed E-state index contributed by atoms with van der Waals surface area (Å²) in [6, 6.07) is 11.0. The number of rotatable bonds is 5. The molecule has 0 amide bonds. The van der Waals surface area contributed by atoms with Crippen LogP contribution in [0.2, 0.25) is 0 Å². The summed E-state index contributed by atoms with van der Waals surface area (Å²) >= 11 is 0. The van der Waals surface area contributed by atoms with Crippen LogP contribution in [0.15, 0.2) is 30.3 Å². The van der Waals surface area contributed by atoms with Crippen molar-refractivity contribution >= 4 is 10.9 Å². The zero-order valence-corrected chi connectivity index (χ0v) is 12.4. The summed E-state index contributed by atoms with van der Waals surface area (Å²) in [7, 11) is 2.02. The molecule has 102 valence electrons. The lowest BCUT2D eigenvalue weighted by atomic mass is 9.99. The number of hydrogen-bond acceptors (Lipinski definition) is 2. The van der Waals surface area contributed by atoms with Gasteiger partial charge in [0.2, 0.25) is 0 Å². The summed E-state index contributed by atoms with van der Waals surface area (Å²) in [5.74, 6) is 0.734. The summed E-state index contributed by atoms with van der Waals surface area (Å²) in [6.07, 6.45) is 2.36. The first-order valence-electron chi connectivity index (χ1n) is 7.15. The van der Waals surface area contributed by atoms with E-state index in [-0.39, 0.29) is 0 Å². The minimum absolute atomic E-state index is 0.353. The summed E-state index contributed by atoms with van der Waals surface area (Å²) in [5, 5.41) is 4.66. The standard InChI is InChI=1S/C17H24N2/c1-12(2)9-10-16(18-4)17-11-13(3)14-7-5-6-8-15(14)19-17/h5-8,11-12,16,18H,9-10H2,1-4H3. The van der Waals surface area contributed by atoms with E-state index in [1.807, 2.05) is 7.05 Å². The number of aryl methyl sites for hydroxylation is 1. The number of pyridine rings is 1. The van der Waals surface area contributed by atoms with Crippen LogP contribution in [0.25, 0.3) is 10.9 Å². The highest BCUT2D eigenvalue weighted by Gasteiger charge is 2.13. The SMILES string of the molecule is CNC(CCC(C)C)c1cc(C)c2ccccc2n1. The van der Waals surface area contributed by atoms with Gasteiger partial charge in [0.25, 0.3) is 0 Å². The molecule has 19 heavy (non-hydrogen) atoms. The maximum absolute atomic E-state index is 4.82. The molecule has 0 fully saturated rings. The van der Waals surface area contributed by atoms with Crippen molar-refractivity contribution in [3.63, 3.8) is 0 Å². The topological polar surface area (TPSA) is 24.9 Å². The molecule has 0 aliphatic rings. The van der Waals surface area contributed by atoms with E-state index in [1.54, 1.807) is 0 Å². The Hall–Kier alpha value is -1.41. The Balaban J connectivity index is 2.32. The fourth-order valence-electron chi connectivity index (χ4n) is 2.49. The van der Waals surface area contributed by atoms with Gasteiger partial charge in [-0.25, -0.2) is 0 Å². The lowest BCUT2D eigenvalue weighted by Crippen LogP contribution is -2.18. The van der Waals surface area contributed by atoms with Crippen LogP contribution in [0.4, 0.5) is 0 Å². The van der Waals surface area contributed by atoms with E-state index >= 15 is 0 Å². The number of aromatic nitrogens is 1. The first-order chi connectivity index (χ1) is 9.11. The molecule has 2 nitrogen and oxygen atoms in total. The molecule has 1 atom stereocenters. The number of hydrogen-bond donors (Lipinski definition) is 1. The van der Waals surface area contributed by atoms with E-state index in [9.17, 15) is 0 Å². The summed E-state index contributed by atoms with van der Waals surface area (Å²) < 4.78 is 0. The van der Waals surface area contributed by atoms with Crippen molar-refractivity contribution in [2.75, 3.05) is 7.05 Å². The summed E-state index contributed by atoms with van der Waals surface area (Å²) in [4.78, 5) is 4.82. The van der Waals surface area contributed by atoms with Gasteiger partial charge in [-0.2, -0.15) is 0 Å². The number of nitrogens with one attached hydrogen (secondary N) is 1. The van der Waals surface area contributed by atoms with E-state index in [0.29, 0.717) is 6.04 Å². The monoisotopic (exact) mass is 256 g/mol. The molecular weight excluding hydrogens is 232 g/mol. The maximum atomic E-state index is 4.82. The van der Waals surface area contributed by atoms with Crippen LogP contribution in [0, 0.1) is 12.8 Å². The Labute approximate surface area is 116 Å². The molecule has 0 bridgehead atoms. The van der Waals surface area contributed by atoms with E-state index in [0.717, 1.165) is 17.9 Å². The van der Waals surface area contributed by atoms with Crippen LogP contribution in [0.3, 0.4) is 0 Å². The third-order valence-electron chi connectivity index (χ3n) is 3.68. The molecule has 0 spiro atoms. The Morgan fingerprint density at radius 2 is 1.89 bits per heavy atom. The van der Waals surface area contributed by atoms with Gasteiger partial charge in [0, 0.05) is 11.4 Å². The fourth-order valence-corrected chi connectivity index (χ4v) is 2.49. The molecular formula is C17H24N2. The van der Waals surface area contributed by atoms with Gasteiger partial charge in [0.1, 0.15) is 0 Å². The molecule has 2 heteroatoms. The highest BCUT2D eigenvalue weighted by molar-refractivity contribution is 5.82. The van der Waals surface area contributed by atoms with Gasteiger partial charge < -0.3 is 5.32 Å². The quantitative estimate of drug-likeness (QED) is 0.865. The first kappa shape index (κ1) is 14.0. The van der Waals surface area contributed by atoms with Crippen LogP contribution in [0.1, 0.15) is 44.0 Å². The predicted molar refractivity (Wildman–Crippen MR) is 82.4 cm³/mol. The first-order valence-corrected chi connectivity index (χ1v) is 7.15. The zero-order valence-electron chi connectivity index (χ0n) is 12.4. The number of benzene rings is 1. The van der Waals surface area contributed by atoms with Crippen molar-refractivity contribution in [2.24, 2.45) is 5.92 Å². The highest BCUT2D eigenvalue weighted by Crippen LogP contribution is 2.24. The summed E-state index contributed by atoms with van der Waals surface area (Å²) in [6.45, 7) is 6.71. The lowest BCUT2D eigenvalue weighted by molar-refractivity contribution is 0.459. The third kappa shape index (κ3) is 3.32. The fraction of sp³-hybridized carbons (Fsp3) is 0.471. The average molecular weight is 256 g/mol. The molecule has 2 rings (SSSR count). The molecule has 1 aromatic heterocycles. The van der Waals surface area contributed by atoms with Gasteiger partial charge in [0.15, 0.2) is 0 Å². The summed E-state index contributed by atoms with van der Waals surface area (Å²) in [5.41, 5.74) is 3.58. The van der Waals surface area contributed by atoms with Gasteiger partial charge in [-0.1, -0.05) is 32.0 Å². The van der Waals surface area contributed by atoms with Crippen LogP contribution in [-0.2, 0) is 0 Å². The Kier molecular flexibility index (Phi) is 4.54. The second-order valence-corrected chi connectivity index (χ2v) is 5.69. The minimum Gasteiger partial charge on any atom is -0.312 e. The highest BCUT2D eigenvalue weighted by atomic mass is 14.9. The van der Waals surface area contributed by atoms with Crippen molar-refractivity contribution in [2.45, 2.75) is 39.7 Å². The van der Waals surface area contributed by atoms with Gasteiger partial charge in [-0.3, -0.25) is 4.98 Å². The zero-order chi connectivity index (χ0) is 13.8. The largest absolute Gasteiger partial charge is 0.312 e. The second kappa shape index (κ2) is 6.16. The van der Waals surface area contributed by atoms with E-state index in [2.05, 4.69) is 56.4 Å². The van der Waals surface area contributed by atoms with Crippen molar-refractivity contribution in [1.29, 1.82) is 0 Å².